The average Bonchev–Trinajstić information content (AvgIpc) is 2.50. The van der Waals surface area contributed by atoms with Gasteiger partial charge in [-0.3, -0.25) is 0 Å². The molecule has 0 aliphatic carbocycles. The molecular formula is C8H6NO2. The van der Waals surface area contributed by atoms with Crippen LogP contribution in [0.4, 0.5) is 0 Å². The van der Waals surface area contributed by atoms with Crippen molar-refractivity contribution in [3.63, 3.8) is 0 Å². The molecule has 0 spiro atoms. The Balaban J connectivity index is 2.67. The van der Waals surface area contributed by atoms with Gasteiger partial charge in [0.1, 0.15) is 11.9 Å². The van der Waals surface area contributed by atoms with Crippen LogP contribution in [0.15, 0.2) is 22.7 Å². The minimum atomic E-state index is 0.728. The van der Waals surface area contributed by atoms with E-state index in [0.29, 0.717) is 0 Å². The molecule has 1 aromatic heterocycles. The predicted molar refractivity (Wildman–Crippen MR) is 39.4 cm³/mol. The molecule has 1 radical (unpaired) electrons. The Hall–Kier alpha value is -1.51. The zero-order valence-corrected chi connectivity index (χ0v) is 6.00. The zero-order chi connectivity index (χ0) is 7.68. The molecule has 0 saturated carbocycles. The van der Waals surface area contributed by atoms with Gasteiger partial charge in [0, 0.05) is 0 Å². The first-order valence-corrected chi connectivity index (χ1v) is 3.21. The van der Waals surface area contributed by atoms with Crippen molar-refractivity contribution in [1.82, 2.24) is 5.16 Å². The number of rotatable bonds is 1. The summed E-state index contributed by atoms with van der Waals surface area (Å²) < 4.78 is 9.86. The van der Waals surface area contributed by atoms with E-state index < -0.39 is 0 Å². The minimum absolute atomic E-state index is 0.728. The molecule has 0 amide bonds. The Morgan fingerprint density at radius 1 is 1.55 bits per heavy atom. The Labute approximate surface area is 63.6 Å². The van der Waals surface area contributed by atoms with E-state index in [1.165, 1.54) is 0 Å². The quantitative estimate of drug-likeness (QED) is 0.616. The van der Waals surface area contributed by atoms with E-state index in [1.807, 2.05) is 12.1 Å². The third kappa shape index (κ3) is 0.941. The molecule has 0 aliphatic heterocycles. The predicted octanol–water partition coefficient (Wildman–Crippen LogP) is 1.64. The van der Waals surface area contributed by atoms with Crippen LogP contribution in [0.25, 0.3) is 11.0 Å². The molecule has 3 nitrogen and oxygen atoms in total. The van der Waals surface area contributed by atoms with Crippen molar-refractivity contribution in [2.45, 2.75) is 0 Å². The summed E-state index contributed by atoms with van der Waals surface area (Å²) in [5, 5.41) is 4.36. The lowest BCUT2D eigenvalue weighted by molar-refractivity contribution is 0.415. The number of nitrogens with zero attached hydrogens (tertiary/aromatic N) is 1. The highest BCUT2D eigenvalue weighted by Gasteiger charge is 1.98. The summed E-state index contributed by atoms with van der Waals surface area (Å²) in [6.45, 7) is 0. The van der Waals surface area contributed by atoms with Crippen molar-refractivity contribution in [1.29, 1.82) is 0 Å². The Morgan fingerprint density at radius 2 is 2.45 bits per heavy atom. The molecule has 0 atom stereocenters. The molecule has 1 heterocycles. The summed E-state index contributed by atoms with van der Waals surface area (Å²) in [6, 6.07) is 5.45. The van der Waals surface area contributed by atoms with Crippen LogP contribution in [-0.4, -0.2) is 12.3 Å². The molecule has 2 aromatic rings. The van der Waals surface area contributed by atoms with E-state index in [4.69, 9.17) is 9.26 Å². The van der Waals surface area contributed by atoms with Crippen LogP contribution in [0.2, 0.25) is 0 Å². The fraction of sp³-hybridized carbons (Fsp3) is 0.125. The molecule has 0 N–H and O–H groups in total. The van der Waals surface area contributed by atoms with Crippen LogP contribution in [0.5, 0.6) is 5.75 Å². The number of hydrogen-bond donors (Lipinski definition) is 0. The molecule has 0 unspecified atom stereocenters. The van der Waals surface area contributed by atoms with Crippen LogP contribution >= 0.6 is 0 Å². The first-order valence-electron chi connectivity index (χ1n) is 3.21. The lowest BCUT2D eigenvalue weighted by Crippen LogP contribution is -1.79. The van der Waals surface area contributed by atoms with Gasteiger partial charge in [0.05, 0.1) is 12.5 Å². The van der Waals surface area contributed by atoms with Gasteiger partial charge in [-0.1, -0.05) is 5.16 Å². The van der Waals surface area contributed by atoms with E-state index in [9.17, 15) is 0 Å². The number of hydrogen-bond acceptors (Lipinski definition) is 3. The maximum atomic E-state index is 5.00. The van der Waals surface area contributed by atoms with Crippen LogP contribution in [0.1, 0.15) is 0 Å². The second kappa shape index (κ2) is 2.27. The molecule has 0 aliphatic rings. The molecule has 0 saturated heterocycles. The molecule has 3 heteroatoms. The SMILES string of the molecule is COc1ccc2on[c]c2c1. The van der Waals surface area contributed by atoms with Gasteiger partial charge >= 0.3 is 0 Å². The largest absolute Gasteiger partial charge is 0.497 e. The summed E-state index contributed by atoms with van der Waals surface area (Å²) in [6.07, 6.45) is 2.70. The van der Waals surface area contributed by atoms with Gasteiger partial charge < -0.3 is 9.26 Å². The third-order valence-corrected chi connectivity index (χ3v) is 1.50. The summed E-state index contributed by atoms with van der Waals surface area (Å²) in [5.74, 6) is 0.789. The van der Waals surface area contributed by atoms with Gasteiger partial charge in [-0.25, -0.2) is 0 Å². The number of aromatic nitrogens is 1. The van der Waals surface area contributed by atoms with Gasteiger partial charge in [0.2, 0.25) is 0 Å². The summed E-state index contributed by atoms with van der Waals surface area (Å²) in [4.78, 5) is 0. The highest BCUT2D eigenvalue weighted by atomic mass is 16.5. The fourth-order valence-corrected chi connectivity index (χ4v) is 0.924. The van der Waals surface area contributed by atoms with Crippen molar-refractivity contribution in [3.05, 3.63) is 24.4 Å². The van der Waals surface area contributed by atoms with Crippen molar-refractivity contribution in [2.24, 2.45) is 0 Å². The van der Waals surface area contributed by atoms with Gasteiger partial charge in [-0.2, -0.15) is 0 Å². The number of benzene rings is 1. The van der Waals surface area contributed by atoms with Crippen molar-refractivity contribution >= 4 is 11.0 Å². The average molecular weight is 148 g/mol. The molecule has 0 bridgehead atoms. The van der Waals surface area contributed by atoms with Gasteiger partial charge in [0.15, 0.2) is 5.58 Å². The van der Waals surface area contributed by atoms with Crippen molar-refractivity contribution in [2.75, 3.05) is 7.11 Å². The monoisotopic (exact) mass is 148 g/mol. The van der Waals surface area contributed by atoms with Crippen LogP contribution in [0, 0.1) is 6.20 Å². The smallest absolute Gasteiger partial charge is 0.167 e. The van der Waals surface area contributed by atoms with Gasteiger partial charge in [0.25, 0.3) is 0 Å². The molecular weight excluding hydrogens is 142 g/mol. The summed E-state index contributed by atoms with van der Waals surface area (Å²) >= 11 is 0. The lowest BCUT2D eigenvalue weighted by atomic mass is 10.2. The molecule has 55 valence electrons. The summed E-state index contributed by atoms with van der Waals surface area (Å²) in [7, 11) is 1.62. The normalized spacial score (nSPS) is 10.3. The van der Waals surface area contributed by atoms with Gasteiger partial charge in [-0.05, 0) is 18.2 Å². The minimum Gasteiger partial charge on any atom is -0.497 e. The molecule has 11 heavy (non-hydrogen) atoms. The van der Waals surface area contributed by atoms with Crippen LogP contribution in [-0.2, 0) is 0 Å². The zero-order valence-electron chi connectivity index (χ0n) is 6.00. The maximum Gasteiger partial charge on any atom is 0.167 e. The second-order valence-corrected chi connectivity index (χ2v) is 2.16. The Kier molecular flexibility index (Phi) is 1.28. The Morgan fingerprint density at radius 3 is 3.27 bits per heavy atom. The molecule has 0 fully saturated rings. The van der Waals surface area contributed by atoms with Crippen molar-refractivity contribution in [3.8, 4) is 5.75 Å². The van der Waals surface area contributed by atoms with Crippen LogP contribution < -0.4 is 4.74 Å². The van der Waals surface area contributed by atoms with Gasteiger partial charge in [-0.15, -0.1) is 0 Å². The standard InChI is InChI=1S/C8H6NO2/c1-10-7-2-3-8-6(4-7)5-9-11-8/h2-4H,1H3. The lowest BCUT2D eigenvalue weighted by Gasteiger charge is -1.95. The topological polar surface area (TPSA) is 35.3 Å². The fourth-order valence-electron chi connectivity index (χ4n) is 0.924. The first kappa shape index (κ1) is 6.22. The molecule has 1 aromatic carbocycles. The number of ether oxygens (including phenoxy) is 1. The highest BCUT2D eigenvalue weighted by molar-refractivity contribution is 5.76. The molecule has 2 rings (SSSR count). The first-order chi connectivity index (χ1) is 5.40. The van der Waals surface area contributed by atoms with Crippen molar-refractivity contribution < 1.29 is 9.26 Å². The highest BCUT2D eigenvalue weighted by Crippen LogP contribution is 2.18. The number of fused-ring (bicyclic) bond motifs is 1. The second-order valence-electron chi connectivity index (χ2n) is 2.16. The maximum absolute atomic E-state index is 5.00. The number of methoxy groups -OCH3 is 1. The van der Waals surface area contributed by atoms with E-state index in [2.05, 4.69) is 11.4 Å². The summed E-state index contributed by atoms with van der Waals surface area (Å²) in [5.41, 5.74) is 0.728. The third-order valence-electron chi connectivity index (χ3n) is 1.50. The van der Waals surface area contributed by atoms with E-state index in [0.717, 1.165) is 16.7 Å². The van der Waals surface area contributed by atoms with Crippen LogP contribution in [0.3, 0.4) is 0 Å². The van der Waals surface area contributed by atoms with E-state index in [-0.39, 0.29) is 0 Å². The van der Waals surface area contributed by atoms with E-state index in [1.54, 1.807) is 13.2 Å². The Bertz CT molecular complexity index is 367. The van der Waals surface area contributed by atoms with E-state index >= 15 is 0 Å².